The molecule has 0 rings (SSSR count). The van der Waals surface area contributed by atoms with Crippen LogP contribution in [-0.4, -0.2) is 0 Å². The second-order valence-electron chi connectivity index (χ2n) is 6.58. The van der Waals surface area contributed by atoms with Gasteiger partial charge in [0.1, 0.15) is 0 Å². The molecule has 0 nitrogen and oxygen atoms in total. The molecule has 2 atom stereocenters. The van der Waals surface area contributed by atoms with E-state index >= 15 is 0 Å². The molecule has 0 aliphatic heterocycles. The highest BCUT2D eigenvalue weighted by Crippen LogP contribution is 2.15. The zero-order chi connectivity index (χ0) is 16.3. The molecule has 0 bridgehead atoms. The minimum absolute atomic E-state index is 0.921. The molecular formula is C21H42. The quantitative estimate of drug-likeness (QED) is 0.239. The lowest BCUT2D eigenvalue weighted by Gasteiger charge is -2.08. The zero-order valence-electron chi connectivity index (χ0n) is 15.5. The van der Waals surface area contributed by atoms with Crippen LogP contribution in [0.5, 0.6) is 0 Å². The van der Waals surface area contributed by atoms with E-state index in [0.717, 1.165) is 11.8 Å². The van der Waals surface area contributed by atoms with Crippen molar-refractivity contribution >= 4 is 0 Å². The molecule has 0 saturated carbocycles. The van der Waals surface area contributed by atoms with Gasteiger partial charge in [-0.3, -0.25) is 0 Å². The topological polar surface area (TPSA) is 0 Å². The summed E-state index contributed by atoms with van der Waals surface area (Å²) in [5.74, 6) is 1.85. The van der Waals surface area contributed by atoms with E-state index in [9.17, 15) is 0 Å². The molecule has 0 aliphatic rings. The van der Waals surface area contributed by atoms with Gasteiger partial charge in [-0.25, -0.2) is 0 Å². The SMILES string of the molecule is C=CCCCC(C)CCC.C=CCCCC(C)CCCC. The Morgan fingerprint density at radius 1 is 0.667 bits per heavy atom. The lowest BCUT2D eigenvalue weighted by Crippen LogP contribution is -1.93. The van der Waals surface area contributed by atoms with Gasteiger partial charge in [-0.2, -0.15) is 0 Å². The lowest BCUT2D eigenvalue weighted by molar-refractivity contribution is 0.459. The van der Waals surface area contributed by atoms with Crippen molar-refractivity contribution in [3.05, 3.63) is 25.3 Å². The molecule has 0 aromatic rings. The van der Waals surface area contributed by atoms with Crippen molar-refractivity contribution in [1.29, 1.82) is 0 Å². The van der Waals surface area contributed by atoms with Crippen molar-refractivity contribution in [3.63, 3.8) is 0 Å². The van der Waals surface area contributed by atoms with Crippen LogP contribution in [0.2, 0.25) is 0 Å². The standard InChI is InChI=1S/C11H22.C10H20/c1-4-6-8-10-11(3)9-7-5-2;1-4-6-7-9-10(3)8-5-2/h4,11H,1,5-10H2,2-3H3;4,10H,1,5-9H2,2-3H3. The Bertz CT molecular complexity index is 204. The maximum atomic E-state index is 3.72. The third kappa shape index (κ3) is 21.9. The Balaban J connectivity index is 0. The summed E-state index contributed by atoms with van der Waals surface area (Å²) in [4.78, 5) is 0. The summed E-state index contributed by atoms with van der Waals surface area (Å²) < 4.78 is 0. The maximum absolute atomic E-state index is 3.72. The first-order valence-electron chi connectivity index (χ1n) is 9.33. The Kier molecular flexibility index (Phi) is 21.1. The van der Waals surface area contributed by atoms with Gasteiger partial charge in [0.25, 0.3) is 0 Å². The average molecular weight is 295 g/mol. The van der Waals surface area contributed by atoms with E-state index in [-0.39, 0.29) is 0 Å². The Labute approximate surface area is 136 Å². The number of rotatable bonds is 13. The molecular weight excluding hydrogens is 252 g/mol. The van der Waals surface area contributed by atoms with Gasteiger partial charge in [-0.05, 0) is 37.5 Å². The normalized spacial score (nSPS) is 13.0. The summed E-state index contributed by atoms with van der Waals surface area (Å²) in [5, 5.41) is 0. The lowest BCUT2D eigenvalue weighted by atomic mass is 9.98. The van der Waals surface area contributed by atoms with E-state index < -0.39 is 0 Å². The third-order valence-corrected chi connectivity index (χ3v) is 4.04. The monoisotopic (exact) mass is 294 g/mol. The molecule has 0 spiro atoms. The number of allylic oxidation sites excluding steroid dienone is 2. The average Bonchev–Trinajstić information content (AvgIpc) is 2.47. The van der Waals surface area contributed by atoms with Crippen LogP contribution in [0, 0.1) is 11.8 Å². The summed E-state index contributed by atoms with van der Waals surface area (Å²) in [6.45, 7) is 16.6. The summed E-state index contributed by atoms with van der Waals surface area (Å²) in [6, 6.07) is 0. The van der Waals surface area contributed by atoms with Crippen LogP contribution in [0.4, 0.5) is 0 Å². The largest absolute Gasteiger partial charge is 0.103 e. The fraction of sp³-hybridized carbons (Fsp3) is 0.810. The van der Waals surface area contributed by atoms with Crippen LogP contribution in [0.3, 0.4) is 0 Å². The van der Waals surface area contributed by atoms with Crippen molar-refractivity contribution in [2.24, 2.45) is 11.8 Å². The summed E-state index contributed by atoms with van der Waals surface area (Å²) >= 11 is 0. The molecule has 0 heterocycles. The second-order valence-corrected chi connectivity index (χ2v) is 6.58. The molecule has 21 heavy (non-hydrogen) atoms. The van der Waals surface area contributed by atoms with E-state index in [4.69, 9.17) is 0 Å². The van der Waals surface area contributed by atoms with Crippen molar-refractivity contribution in [2.75, 3.05) is 0 Å². The van der Waals surface area contributed by atoms with Gasteiger partial charge in [0.15, 0.2) is 0 Å². The maximum Gasteiger partial charge on any atom is -0.0353 e. The first-order valence-corrected chi connectivity index (χ1v) is 9.33. The van der Waals surface area contributed by atoms with Crippen molar-refractivity contribution in [2.45, 2.75) is 98.3 Å². The first-order chi connectivity index (χ1) is 10.1. The van der Waals surface area contributed by atoms with Crippen LogP contribution in [0.25, 0.3) is 0 Å². The van der Waals surface area contributed by atoms with Gasteiger partial charge in [-0.1, -0.05) is 84.8 Å². The molecule has 126 valence electrons. The summed E-state index contributed by atoms with van der Waals surface area (Å²) in [6.07, 6.45) is 18.7. The molecule has 0 aromatic heterocycles. The Hall–Kier alpha value is -0.520. The van der Waals surface area contributed by atoms with Gasteiger partial charge >= 0.3 is 0 Å². The molecule has 0 radical (unpaired) electrons. The van der Waals surface area contributed by atoms with Gasteiger partial charge < -0.3 is 0 Å². The highest BCUT2D eigenvalue weighted by molar-refractivity contribution is 4.67. The summed E-state index contributed by atoms with van der Waals surface area (Å²) in [5.41, 5.74) is 0. The molecule has 0 fully saturated rings. The minimum atomic E-state index is 0.921. The fourth-order valence-electron chi connectivity index (χ4n) is 2.56. The highest BCUT2D eigenvalue weighted by Gasteiger charge is 1.99. The molecule has 0 aromatic carbocycles. The van der Waals surface area contributed by atoms with E-state index in [2.05, 4.69) is 40.9 Å². The van der Waals surface area contributed by atoms with Crippen molar-refractivity contribution in [1.82, 2.24) is 0 Å². The summed E-state index contributed by atoms with van der Waals surface area (Å²) in [7, 11) is 0. The van der Waals surface area contributed by atoms with Crippen molar-refractivity contribution in [3.8, 4) is 0 Å². The molecule has 0 amide bonds. The van der Waals surface area contributed by atoms with Crippen LogP contribution >= 0.6 is 0 Å². The van der Waals surface area contributed by atoms with E-state index in [1.165, 1.54) is 70.6 Å². The third-order valence-electron chi connectivity index (χ3n) is 4.04. The Morgan fingerprint density at radius 2 is 1.10 bits per heavy atom. The van der Waals surface area contributed by atoms with Crippen LogP contribution in [-0.2, 0) is 0 Å². The predicted molar refractivity (Wildman–Crippen MR) is 101 cm³/mol. The van der Waals surface area contributed by atoms with Crippen LogP contribution in [0.15, 0.2) is 25.3 Å². The minimum Gasteiger partial charge on any atom is -0.103 e. The molecule has 0 saturated heterocycles. The number of unbranched alkanes of at least 4 members (excludes halogenated alkanes) is 3. The van der Waals surface area contributed by atoms with Gasteiger partial charge in [0.2, 0.25) is 0 Å². The zero-order valence-corrected chi connectivity index (χ0v) is 15.5. The highest BCUT2D eigenvalue weighted by atomic mass is 14.1. The fourth-order valence-corrected chi connectivity index (χ4v) is 2.56. The molecule has 2 unspecified atom stereocenters. The first kappa shape index (κ1) is 22.8. The molecule has 0 N–H and O–H groups in total. The van der Waals surface area contributed by atoms with E-state index in [0.29, 0.717) is 0 Å². The molecule has 0 aliphatic carbocycles. The van der Waals surface area contributed by atoms with Gasteiger partial charge in [-0.15, -0.1) is 13.2 Å². The van der Waals surface area contributed by atoms with Gasteiger partial charge in [0.05, 0.1) is 0 Å². The van der Waals surface area contributed by atoms with E-state index in [1.54, 1.807) is 0 Å². The number of hydrogen-bond acceptors (Lipinski definition) is 0. The van der Waals surface area contributed by atoms with E-state index in [1.807, 2.05) is 12.2 Å². The van der Waals surface area contributed by atoms with Gasteiger partial charge in [0, 0.05) is 0 Å². The van der Waals surface area contributed by atoms with Crippen molar-refractivity contribution < 1.29 is 0 Å². The van der Waals surface area contributed by atoms with Crippen LogP contribution in [0.1, 0.15) is 98.3 Å². The Morgan fingerprint density at radius 3 is 1.48 bits per heavy atom. The predicted octanol–water partition coefficient (Wildman–Crippen LogP) is 7.95. The molecule has 0 heteroatoms. The van der Waals surface area contributed by atoms with Crippen LogP contribution < -0.4 is 0 Å². The smallest absolute Gasteiger partial charge is 0.0353 e. The number of hydrogen-bond donors (Lipinski definition) is 0. The second kappa shape index (κ2) is 19.5.